The molecule has 0 bridgehead atoms. The van der Waals surface area contributed by atoms with Gasteiger partial charge in [-0.1, -0.05) is 31.5 Å². The zero-order valence-electron chi connectivity index (χ0n) is 11.0. The van der Waals surface area contributed by atoms with Gasteiger partial charge >= 0.3 is 0 Å². The van der Waals surface area contributed by atoms with Crippen molar-refractivity contribution in [3.63, 3.8) is 0 Å². The highest BCUT2D eigenvalue weighted by molar-refractivity contribution is 6.31. The summed E-state index contributed by atoms with van der Waals surface area (Å²) in [6, 6.07) is 6.66. The van der Waals surface area contributed by atoms with E-state index in [9.17, 15) is 9.59 Å². The molecule has 1 fully saturated rings. The molecule has 1 N–H and O–H groups in total. The Hall–Kier alpha value is -1.55. The summed E-state index contributed by atoms with van der Waals surface area (Å²) in [4.78, 5) is 25.8. The van der Waals surface area contributed by atoms with Gasteiger partial charge in [-0.15, -0.1) is 0 Å². The van der Waals surface area contributed by atoms with Crippen LogP contribution >= 0.6 is 11.6 Å². The standard InChI is InChI=1S/C14H17ClN2O2/c1-9(2)13-14(19)17(7-6-12(18)16-13)11-5-3-4-10(15)8-11/h3-5,8-9,13H,6-7H2,1-2H3,(H,16,18). The van der Waals surface area contributed by atoms with E-state index in [2.05, 4.69) is 5.32 Å². The lowest BCUT2D eigenvalue weighted by Gasteiger charge is -2.26. The maximum Gasteiger partial charge on any atom is 0.249 e. The predicted octanol–water partition coefficient (Wildman–Crippen LogP) is 2.22. The Morgan fingerprint density at radius 2 is 2.11 bits per heavy atom. The van der Waals surface area contributed by atoms with Crippen LogP contribution in [0.15, 0.2) is 24.3 Å². The normalized spacial score (nSPS) is 20.4. The predicted molar refractivity (Wildman–Crippen MR) is 75.2 cm³/mol. The van der Waals surface area contributed by atoms with Crippen molar-refractivity contribution in [1.29, 1.82) is 0 Å². The highest BCUT2D eigenvalue weighted by atomic mass is 35.5. The number of benzene rings is 1. The van der Waals surface area contributed by atoms with Crippen LogP contribution < -0.4 is 10.2 Å². The zero-order chi connectivity index (χ0) is 14.0. The number of rotatable bonds is 2. The summed E-state index contributed by atoms with van der Waals surface area (Å²) < 4.78 is 0. The molecule has 2 rings (SSSR count). The summed E-state index contributed by atoms with van der Waals surface area (Å²) in [5.74, 6) is -0.115. The van der Waals surface area contributed by atoms with Gasteiger partial charge in [-0.2, -0.15) is 0 Å². The van der Waals surface area contributed by atoms with Crippen LogP contribution in [0.3, 0.4) is 0 Å². The van der Waals surface area contributed by atoms with E-state index in [1.54, 1.807) is 23.1 Å². The van der Waals surface area contributed by atoms with Gasteiger partial charge < -0.3 is 10.2 Å². The molecular formula is C14H17ClN2O2. The van der Waals surface area contributed by atoms with Gasteiger partial charge in [-0.3, -0.25) is 9.59 Å². The molecule has 1 aromatic rings. The third-order valence-corrected chi connectivity index (χ3v) is 3.43. The fourth-order valence-electron chi connectivity index (χ4n) is 2.15. The molecule has 0 radical (unpaired) electrons. The molecular weight excluding hydrogens is 264 g/mol. The molecule has 102 valence electrons. The Labute approximate surface area is 117 Å². The molecule has 0 aliphatic carbocycles. The van der Waals surface area contributed by atoms with Crippen LogP contribution in [-0.4, -0.2) is 24.4 Å². The Balaban J connectivity index is 2.33. The Kier molecular flexibility index (Phi) is 4.10. The third-order valence-electron chi connectivity index (χ3n) is 3.20. The Morgan fingerprint density at radius 1 is 1.37 bits per heavy atom. The van der Waals surface area contributed by atoms with Crippen molar-refractivity contribution < 1.29 is 9.59 Å². The monoisotopic (exact) mass is 280 g/mol. The first-order chi connectivity index (χ1) is 8.99. The molecule has 1 heterocycles. The van der Waals surface area contributed by atoms with E-state index in [1.807, 2.05) is 19.9 Å². The van der Waals surface area contributed by atoms with Crippen LogP contribution in [0.25, 0.3) is 0 Å². The quantitative estimate of drug-likeness (QED) is 0.903. The largest absolute Gasteiger partial charge is 0.344 e. The highest BCUT2D eigenvalue weighted by Crippen LogP contribution is 2.23. The third kappa shape index (κ3) is 3.07. The van der Waals surface area contributed by atoms with Gasteiger partial charge in [0, 0.05) is 23.7 Å². The molecule has 1 aromatic carbocycles. The molecule has 5 heteroatoms. The lowest BCUT2D eigenvalue weighted by atomic mass is 10.0. The number of amides is 2. The second-order valence-corrected chi connectivity index (χ2v) is 5.45. The molecule has 0 aromatic heterocycles. The van der Waals surface area contributed by atoms with Crippen molar-refractivity contribution in [2.75, 3.05) is 11.4 Å². The molecule has 1 saturated heterocycles. The van der Waals surface area contributed by atoms with Gasteiger partial charge in [0.05, 0.1) is 0 Å². The number of nitrogens with zero attached hydrogens (tertiary/aromatic N) is 1. The van der Waals surface area contributed by atoms with E-state index in [4.69, 9.17) is 11.6 Å². The molecule has 2 amide bonds. The van der Waals surface area contributed by atoms with Crippen molar-refractivity contribution in [3.05, 3.63) is 29.3 Å². The minimum absolute atomic E-state index is 0.0521. The minimum Gasteiger partial charge on any atom is -0.344 e. The fourth-order valence-corrected chi connectivity index (χ4v) is 2.34. The molecule has 0 spiro atoms. The van der Waals surface area contributed by atoms with Gasteiger partial charge in [0.1, 0.15) is 6.04 Å². The first-order valence-corrected chi connectivity index (χ1v) is 6.73. The van der Waals surface area contributed by atoms with E-state index in [1.165, 1.54) is 0 Å². The lowest BCUT2D eigenvalue weighted by molar-refractivity contribution is -0.126. The van der Waals surface area contributed by atoms with Crippen molar-refractivity contribution >= 4 is 29.1 Å². The second-order valence-electron chi connectivity index (χ2n) is 5.01. The summed E-state index contributed by atoms with van der Waals surface area (Å²) in [6.07, 6.45) is 0.307. The fraction of sp³-hybridized carbons (Fsp3) is 0.429. The minimum atomic E-state index is -0.478. The average molecular weight is 281 g/mol. The van der Waals surface area contributed by atoms with Crippen LogP contribution in [0, 0.1) is 5.92 Å². The average Bonchev–Trinajstić information content (AvgIpc) is 2.49. The summed E-state index contributed by atoms with van der Waals surface area (Å²) in [7, 11) is 0. The summed E-state index contributed by atoms with van der Waals surface area (Å²) in [5.41, 5.74) is 0.736. The second kappa shape index (κ2) is 5.61. The number of hydrogen-bond donors (Lipinski definition) is 1. The van der Waals surface area contributed by atoms with E-state index >= 15 is 0 Å². The van der Waals surface area contributed by atoms with Crippen LogP contribution in [0.2, 0.25) is 5.02 Å². The number of carbonyl (C=O) groups is 2. The van der Waals surface area contributed by atoms with Crippen LogP contribution in [0.4, 0.5) is 5.69 Å². The first-order valence-electron chi connectivity index (χ1n) is 6.35. The molecule has 19 heavy (non-hydrogen) atoms. The number of hydrogen-bond acceptors (Lipinski definition) is 2. The van der Waals surface area contributed by atoms with Crippen LogP contribution in [0.5, 0.6) is 0 Å². The number of carbonyl (C=O) groups excluding carboxylic acids is 2. The molecule has 1 unspecified atom stereocenters. The molecule has 1 aliphatic rings. The van der Waals surface area contributed by atoms with E-state index < -0.39 is 6.04 Å². The Morgan fingerprint density at radius 3 is 2.74 bits per heavy atom. The van der Waals surface area contributed by atoms with E-state index in [0.29, 0.717) is 18.0 Å². The van der Waals surface area contributed by atoms with Gasteiger partial charge in [0.25, 0.3) is 0 Å². The smallest absolute Gasteiger partial charge is 0.249 e. The molecule has 4 nitrogen and oxygen atoms in total. The number of anilines is 1. The van der Waals surface area contributed by atoms with Crippen molar-refractivity contribution in [3.8, 4) is 0 Å². The maximum absolute atomic E-state index is 12.5. The van der Waals surface area contributed by atoms with E-state index in [-0.39, 0.29) is 17.7 Å². The summed E-state index contributed by atoms with van der Waals surface area (Å²) in [6.45, 7) is 4.23. The van der Waals surface area contributed by atoms with Gasteiger partial charge in [-0.05, 0) is 24.1 Å². The van der Waals surface area contributed by atoms with E-state index in [0.717, 1.165) is 5.69 Å². The summed E-state index contributed by atoms with van der Waals surface area (Å²) >= 11 is 5.96. The van der Waals surface area contributed by atoms with Gasteiger partial charge in [-0.25, -0.2) is 0 Å². The van der Waals surface area contributed by atoms with Crippen LogP contribution in [-0.2, 0) is 9.59 Å². The number of halogens is 1. The molecule has 1 atom stereocenters. The lowest BCUT2D eigenvalue weighted by Crippen LogP contribution is -2.47. The van der Waals surface area contributed by atoms with Crippen molar-refractivity contribution in [2.45, 2.75) is 26.3 Å². The Bertz CT molecular complexity index is 502. The number of nitrogens with one attached hydrogen (secondary N) is 1. The van der Waals surface area contributed by atoms with Crippen LogP contribution in [0.1, 0.15) is 20.3 Å². The SMILES string of the molecule is CC(C)C1NC(=O)CCN(c2cccc(Cl)c2)C1=O. The zero-order valence-corrected chi connectivity index (χ0v) is 11.8. The first kappa shape index (κ1) is 13.9. The topological polar surface area (TPSA) is 49.4 Å². The molecule has 1 aliphatic heterocycles. The van der Waals surface area contributed by atoms with Crippen molar-refractivity contribution in [1.82, 2.24) is 5.32 Å². The maximum atomic E-state index is 12.5. The summed E-state index contributed by atoms with van der Waals surface area (Å²) in [5, 5.41) is 3.36. The molecule has 0 saturated carbocycles. The van der Waals surface area contributed by atoms with Crippen molar-refractivity contribution in [2.24, 2.45) is 5.92 Å². The van der Waals surface area contributed by atoms with Gasteiger partial charge in [0.15, 0.2) is 0 Å². The highest BCUT2D eigenvalue weighted by Gasteiger charge is 2.32. The van der Waals surface area contributed by atoms with Gasteiger partial charge in [0.2, 0.25) is 11.8 Å².